The van der Waals surface area contributed by atoms with Gasteiger partial charge in [0.2, 0.25) is 0 Å². The zero-order chi connectivity index (χ0) is 18.6. The van der Waals surface area contributed by atoms with Crippen LogP contribution >= 0.6 is 0 Å². The highest BCUT2D eigenvalue weighted by molar-refractivity contribution is 4.58. The fourth-order valence-electron chi connectivity index (χ4n) is 3.48. The minimum atomic E-state index is -0.0888. The van der Waals surface area contributed by atoms with Crippen LogP contribution in [-0.4, -0.2) is 36.8 Å². The Labute approximate surface area is 159 Å². The van der Waals surface area contributed by atoms with Gasteiger partial charge in [0.1, 0.15) is 0 Å². The molecule has 0 amide bonds. The highest BCUT2D eigenvalue weighted by Gasteiger charge is 2.04. The van der Waals surface area contributed by atoms with E-state index in [9.17, 15) is 5.11 Å². The van der Waals surface area contributed by atoms with Crippen LogP contribution in [-0.2, 0) is 0 Å². The maximum Gasteiger partial charge on any atom is 0.0552 e. The van der Waals surface area contributed by atoms with Crippen molar-refractivity contribution >= 4 is 0 Å². The van der Waals surface area contributed by atoms with Gasteiger partial charge in [0.05, 0.1) is 6.10 Å². The standard InChI is InChI=1S/C23H49NO/c1-4-5-6-7-8-9-10-11-12-13-14-15-16-17-18-19-20-23(25)21-22-24(2)3/h23,25H,4-22H2,1-3H3. The molecule has 2 nitrogen and oxygen atoms in total. The lowest BCUT2D eigenvalue weighted by atomic mass is 10.0. The van der Waals surface area contributed by atoms with Crippen molar-refractivity contribution in [2.45, 2.75) is 129 Å². The molecule has 2 heteroatoms. The van der Waals surface area contributed by atoms with Gasteiger partial charge in [0, 0.05) is 0 Å². The van der Waals surface area contributed by atoms with Crippen LogP contribution in [0.3, 0.4) is 0 Å². The molecule has 0 radical (unpaired) electrons. The summed E-state index contributed by atoms with van der Waals surface area (Å²) in [5, 5.41) is 9.89. The van der Waals surface area contributed by atoms with E-state index in [-0.39, 0.29) is 6.10 Å². The summed E-state index contributed by atoms with van der Waals surface area (Å²) >= 11 is 0. The van der Waals surface area contributed by atoms with Gasteiger partial charge in [-0.2, -0.15) is 0 Å². The smallest absolute Gasteiger partial charge is 0.0552 e. The summed E-state index contributed by atoms with van der Waals surface area (Å²) in [7, 11) is 4.14. The van der Waals surface area contributed by atoms with Crippen LogP contribution < -0.4 is 0 Å². The second kappa shape index (κ2) is 20.2. The van der Waals surface area contributed by atoms with Crippen molar-refractivity contribution in [3.8, 4) is 0 Å². The molecule has 1 atom stereocenters. The van der Waals surface area contributed by atoms with Crippen molar-refractivity contribution in [1.82, 2.24) is 4.90 Å². The third-order valence-electron chi connectivity index (χ3n) is 5.30. The van der Waals surface area contributed by atoms with E-state index in [0.717, 1.165) is 19.4 Å². The van der Waals surface area contributed by atoms with Crippen LogP contribution in [0.1, 0.15) is 122 Å². The maximum absolute atomic E-state index is 9.89. The van der Waals surface area contributed by atoms with E-state index in [2.05, 4.69) is 25.9 Å². The van der Waals surface area contributed by atoms with E-state index in [0.29, 0.717) is 0 Å². The molecule has 0 aromatic rings. The van der Waals surface area contributed by atoms with Crippen LogP contribution in [0.5, 0.6) is 0 Å². The number of rotatable bonds is 20. The lowest BCUT2D eigenvalue weighted by Gasteiger charge is -2.14. The lowest BCUT2D eigenvalue weighted by Crippen LogP contribution is -2.19. The number of aliphatic hydroxyl groups excluding tert-OH is 1. The first-order valence-corrected chi connectivity index (χ1v) is 11.5. The zero-order valence-corrected chi connectivity index (χ0v) is 17.9. The molecule has 25 heavy (non-hydrogen) atoms. The summed E-state index contributed by atoms with van der Waals surface area (Å²) in [5.41, 5.74) is 0. The highest BCUT2D eigenvalue weighted by atomic mass is 16.3. The topological polar surface area (TPSA) is 23.5 Å². The van der Waals surface area contributed by atoms with Crippen molar-refractivity contribution in [3.05, 3.63) is 0 Å². The molecule has 1 N–H and O–H groups in total. The van der Waals surface area contributed by atoms with Crippen LogP contribution in [0.15, 0.2) is 0 Å². The molecular weight excluding hydrogens is 306 g/mol. The van der Waals surface area contributed by atoms with Crippen molar-refractivity contribution in [3.63, 3.8) is 0 Å². The third-order valence-corrected chi connectivity index (χ3v) is 5.30. The Morgan fingerprint density at radius 3 is 1.28 bits per heavy atom. The van der Waals surface area contributed by atoms with Crippen molar-refractivity contribution in [2.24, 2.45) is 0 Å². The summed E-state index contributed by atoms with van der Waals surface area (Å²) in [4.78, 5) is 2.15. The predicted molar refractivity (Wildman–Crippen MR) is 113 cm³/mol. The second-order valence-corrected chi connectivity index (χ2v) is 8.34. The molecule has 0 bridgehead atoms. The summed E-state index contributed by atoms with van der Waals surface area (Å²) in [6.07, 6.45) is 24.4. The molecule has 0 saturated carbocycles. The Bertz CT molecular complexity index is 242. The molecule has 1 unspecified atom stereocenters. The van der Waals surface area contributed by atoms with E-state index >= 15 is 0 Å². The Hall–Kier alpha value is -0.0800. The zero-order valence-electron chi connectivity index (χ0n) is 17.9. The van der Waals surface area contributed by atoms with Crippen molar-refractivity contribution in [2.75, 3.05) is 20.6 Å². The van der Waals surface area contributed by atoms with Crippen LogP contribution in [0.4, 0.5) is 0 Å². The van der Waals surface area contributed by atoms with E-state index < -0.39 is 0 Å². The van der Waals surface area contributed by atoms with Gasteiger partial charge >= 0.3 is 0 Å². The van der Waals surface area contributed by atoms with Crippen molar-refractivity contribution < 1.29 is 5.11 Å². The van der Waals surface area contributed by atoms with Crippen LogP contribution in [0, 0.1) is 0 Å². The summed E-state index contributed by atoms with van der Waals surface area (Å²) in [5.74, 6) is 0. The summed E-state index contributed by atoms with van der Waals surface area (Å²) in [6, 6.07) is 0. The van der Waals surface area contributed by atoms with Crippen LogP contribution in [0.2, 0.25) is 0 Å². The van der Waals surface area contributed by atoms with Gasteiger partial charge in [-0.15, -0.1) is 0 Å². The molecule has 0 saturated heterocycles. The minimum absolute atomic E-state index is 0.0888. The molecule has 0 fully saturated rings. The first-order valence-electron chi connectivity index (χ1n) is 11.5. The number of hydrogen-bond donors (Lipinski definition) is 1. The van der Waals surface area contributed by atoms with E-state index in [1.165, 1.54) is 103 Å². The molecule has 0 aromatic heterocycles. The largest absolute Gasteiger partial charge is 0.393 e. The van der Waals surface area contributed by atoms with Gasteiger partial charge in [-0.05, 0) is 33.5 Å². The molecule has 0 aromatic carbocycles. The molecule has 0 aliphatic rings. The maximum atomic E-state index is 9.89. The molecular formula is C23H49NO. The van der Waals surface area contributed by atoms with Crippen LogP contribution in [0.25, 0.3) is 0 Å². The van der Waals surface area contributed by atoms with Gasteiger partial charge in [0.25, 0.3) is 0 Å². The van der Waals surface area contributed by atoms with Crippen molar-refractivity contribution in [1.29, 1.82) is 0 Å². The van der Waals surface area contributed by atoms with Gasteiger partial charge in [-0.3, -0.25) is 0 Å². The van der Waals surface area contributed by atoms with Gasteiger partial charge in [-0.1, -0.05) is 110 Å². The average molecular weight is 356 g/mol. The molecule has 0 heterocycles. The Balaban J connectivity index is 3.07. The van der Waals surface area contributed by atoms with Gasteiger partial charge in [-0.25, -0.2) is 0 Å². The Morgan fingerprint density at radius 1 is 0.560 bits per heavy atom. The second-order valence-electron chi connectivity index (χ2n) is 8.34. The first kappa shape index (κ1) is 24.9. The Morgan fingerprint density at radius 2 is 0.920 bits per heavy atom. The molecule has 0 aliphatic carbocycles. The fraction of sp³-hybridized carbons (Fsp3) is 1.00. The fourth-order valence-corrected chi connectivity index (χ4v) is 3.48. The van der Waals surface area contributed by atoms with Gasteiger partial charge < -0.3 is 10.0 Å². The third kappa shape index (κ3) is 21.9. The number of unbranched alkanes of at least 4 members (excludes halogenated alkanes) is 15. The highest BCUT2D eigenvalue weighted by Crippen LogP contribution is 2.14. The predicted octanol–water partition coefficient (Wildman–Crippen LogP) is 6.95. The van der Waals surface area contributed by atoms with E-state index in [4.69, 9.17) is 0 Å². The number of nitrogens with zero attached hydrogens (tertiary/aromatic N) is 1. The number of hydrogen-bond acceptors (Lipinski definition) is 2. The molecule has 0 spiro atoms. The number of aliphatic hydroxyl groups is 1. The molecule has 0 aliphatic heterocycles. The summed E-state index contributed by atoms with van der Waals surface area (Å²) < 4.78 is 0. The minimum Gasteiger partial charge on any atom is -0.393 e. The quantitative estimate of drug-likeness (QED) is 0.239. The first-order chi connectivity index (χ1) is 12.2. The van der Waals surface area contributed by atoms with E-state index in [1.807, 2.05) is 0 Å². The monoisotopic (exact) mass is 355 g/mol. The molecule has 152 valence electrons. The lowest BCUT2D eigenvalue weighted by molar-refractivity contribution is 0.139. The Kier molecular flexibility index (Phi) is 20.2. The van der Waals surface area contributed by atoms with E-state index in [1.54, 1.807) is 0 Å². The average Bonchev–Trinajstić information content (AvgIpc) is 2.59. The molecule has 0 rings (SSSR count). The normalized spacial score (nSPS) is 12.8. The summed E-state index contributed by atoms with van der Waals surface area (Å²) in [6.45, 7) is 3.29. The van der Waals surface area contributed by atoms with Gasteiger partial charge in [0.15, 0.2) is 0 Å². The SMILES string of the molecule is CCCCCCCCCCCCCCCCCCC(O)CCN(C)C.